The maximum Gasteiger partial charge on any atom is 0.0723 e. The standard InChI is InChI=1S/C16H23NO.C15H21NO.C8H15NO.ClH/c1-12-5-3-4-6-13(12)11-18-16-9-14-7-8-15(10-16)17(14)2;1-11-4-2-3-5-12(11)10-17-15-8-13-6-7-14(9-15)16-13;1-9-6-2-3-7(9)5-8(10)4-6;/h3-6,14-16H,7-11H2,1-2H3;2-5,13-16H,6-10H2,1H3;6-8,10H,2-5H2,1H3;1H. The van der Waals surface area contributed by atoms with Gasteiger partial charge in [0.15, 0.2) is 0 Å². The molecule has 0 spiro atoms. The minimum absolute atomic E-state index is 0. The number of piperidine rings is 3. The molecule has 0 aliphatic carbocycles. The Labute approximate surface area is 285 Å². The van der Waals surface area contributed by atoms with Gasteiger partial charge < -0.3 is 29.7 Å². The monoisotopic (exact) mass is 653 g/mol. The Morgan fingerprint density at radius 1 is 0.609 bits per heavy atom. The Bertz CT molecular complexity index is 1190. The molecule has 46 heavy (non-hydrogen) atoms. The van der Waals surface area contributed by atoms with Gasteiger partial charge in [0, 0.05) is 36.3 Å². The predicted molar refractivity (Wildman–Crippen MR) is 190 cm³/mol. The molecule has 6 heterocycles. The molecule has 2 aromatic rings. The van der Waals surface area contributed by atoms with Crippen molar-refractivity contribution in [2.24, 2.45) is 0 Å². The summed E-state index contributed by atoms with van der Waals surface area (Å²) in [7, 11) is 4.47. The number of halogens is 1. The molecule has 2 N–H and O–H groups in total. The maximum absolute atomic E-state index is 9.38. The molecule has 0 radical (unpaired) electrons. The number of aliphatic hydroxyl groups is 1. The Morgan fingerprint density at radius 2 is 1.00 bits per heavy atom. The summed E-state index contributed by atoms with van der Waals surface area (Å²) in [6.07, 6.45) is 15.8. The molecule has 7 heteroatoms. The van der Waals surface area contributed by atoms with E-state index >= 15 is 0 Å². The first kappa shape index (κ1) is 35.8. The van der Waals surface area contributed by atoms with Gasteiger partial charge in [0.25, 0.3) is 0 Å². The molecular formula is C39H60ClN3O3. The second-order valence-corrected chi connectivity index (χ2v) is 15.0. The zero-order valence-corrected chi connectivity index (χ0v) is 29.6. The van der Waals surface area contributed by atoms with Crippen molar-refractivity contribution in [2.75, 3.05) is 14.1 Å². The molecule has 0 saturated carbocycles. The van der Waals surface area contributed by atoms with Gasteiger partial charge in [0.2, 0.25) is 0 Å². The fraction of sp³-hybridized carbons (Fsp3) is 0.692. The normalized spacial score (nSPS) is 34.6. The third-order valence-corrected chi connectivity index (χ3v) is 12.0. The second kappa shape index (κ2) is 16.7. The lowest BCUT2D eigenvalue weighted by atomic mass is 10.0. The third kappa shape index (κ3) is 9.13. The number of ether oxygens (including phenoxy) is 2. The average Bonchev–Trinajstić information content (AvgIpc) is 3.53. The van der Waals surface area contributed by atoms with Crippen LogP contribution in [0.3, 0.4) is 0 Å². The number of hydrogen-bond acceptors (Lipinski definition) is 6. The lowest BCUT2D eigenvalue weighted by Crippen LogP contribution is -2.42. The van der Waals surface area contributed by atoms with Gasteiger partial charge in [-0.2, -0.15) is 0 Å². The maximum atomic E-state index is 9.38. The van der Waals surface area contributed by atoms with Crippen molar-refractivity contribution in [3.63, 3.8) is 0 Å². The van der Waals surface area contributed by atoms with Crippen LogP contribution in [0.5, 0.6) is 0 Å². The van der Waals surface area contributed by atoms with Crippen molar-refractivity contribution in [3.05, 3.63) is 70.8 Å². The summed E-state index contributed by atoms with van der Waals surface area (Å²) in [6.45, 7) is 5.87. The molecule has 6 aliphatic heterocycles. The van der Waals surface area contributed by atoms with Crippen LogP contribution in [0.25, 0.3) is 0 Å². The molecule has 256 valence electrons. The van der Waals surface area contributed by atoms with Crippen molar-refractivity contribution in [1.29, 1.82) is 0 Å². The first-order valence-corrected chi connectivity index (χ1v) is 18.0. The number of nitrogens with zero attached hydrogens (tertiary/aromatic N) is 2. The van der Waals surface area contributed by atoms with Crippen LogP contribution in [0.1, 0.15) is 99.3 Å². The van der Waals surface area contributed by atoms with Crippen molar-refractivity contribution < 1.29 is 14.6 Å². The smallest absolute Gasteiger partial charge is 0.0723 e. The summed E-state index contributed by atoms with van der Waals surface area (Å²) in [4.78, 5) is 5.00. The summed E-state index contributed by atoms with van der Waals surface area (Å²) in [5.41, 5.74) is 5.35. The SMILES string of the molecule is CN1C2CCC1CC(O)C2.Cc1ccccc1COC1CC2CCC(C1)N2.Cc1ccccc1COC1CC2CCC(C1)N2C.Cl. The van der Waals surface area contributed by atoms with Crippen molar-refractivity contribution in [1.82, 2.24) is 15.1 Å². The van der Waals surface area contributed by atoms with E-state index in [0.717, 1.165) is 50.2 Å². The quantitative estimate of drug-likeness (QED) is 0.352. The van der Waals surface area contributed by atoms with Crippen LogP contribution in [0.15, 0.2) is 48.5 Å². The van der Waals surface area contributed by atoms with Crippen LogP contribution in [-0.2, 0) is 22.7 Å². The van der Waals surface area contributed by atoms with Gasteiger partial charge in [-0.15, -0.1) is 12.4 Å². The van der Waals surface area contributed by atoms with Crippen LogP contribution in [0.4, 0.5) is 0 Å². The fourth-order valence-corrected chi connectivity index (χ4v) is 8.98. The van der Waals surface area contributed by atoms with E-state index in [2.05, 4.69) is 91.6 Å². The average molecular weight is 654 g/mol. The summed E-state index contributed by atoms with van der Waals surface area (Å²) in [5, 5.41) is 13.0. The van der Waals surface area contributed by atoms with E-state index in [1.54, 1.807) is 0 Å². The molecule has 6 bridgehead atoms. The van der Waals surface area contributed by atoms with Gasteiger partial charge in [-0.1, -0.05) is 48.5 Å². The minimum atomic E-state index is -0.00583. The van der Waals surface area contributed by atoms with Gasteiger partial charge in [-0.3, -0.25) is 0 Å². The van der Waals surface area contributed by atoms with Gasteiger partial charge in [-0.05, 0) is 127 Å². The van der Waals surface area contributed by atoms with E-state index in [4.69, 9.17) is 9.47 Å². The molecular weight excluding hydrogens is 594 g/mol. The molecule has 0 amide bonds. The van der Waals surface area contributed by atoms with Gasteiger partial charge in [-0.25, -0.2) is 0 Å². The summed E-state index contributed by atoms with van der Waals surface area (Å²) < 4.78 is 12.2. The van der Waals surface area contributed by atoms with Crippen molar-refractivity contribution in [2.45, 2.75) is 159 Å². The molecule has 6 aliphatic rings. The van der Waals surface area contributed by atoms with Gasteiger partial charge >= 0.3 is 0 Å². The van der Waals surface area contributed by atoms with E-state index < -0.39 is 0 Å². The van der Waals surface area contributed by atoms with Crippen LogP contribution >= 0.6 is 12.4 Å². The molecule has 8 rings (SSSR count). The lowest BCUT2D eigenvalue weighted by Gasteiger charge is -2.36. The molecule has 6 nitrogen and oxygen atoms in total. The van der Waals surface area contributed by atoms with Gasteiger partial charge in [0.05, 0.1) is 31.5 Å². The number of fused-ring (bicyclic) bond motifs is 6. The molecule has 6 unspecified atom stereocenters. The topological polar surface area (TPSA) is 57.2 Å². The van der Waals surface area contributed by atoms with E-state index in [-0.39, 0.29) is 18.5 Å². The van der Waals surface area contributed by atoms with E-state index in [9.17, 15) is 5.11 Å². The molecule has 6 atom stereocenters. The zero-order chi connectivity index (χ0) is 31.3. The first-order chi connectivity index (χ1) is 21.8. The summed E-state index contributed by atoms with van der Waals surface area (Å²) in [5.74, 6) is 0. The molecule has 0 aromatic heterocycles. The van der Waals surface area contributed by atoms with Crippen LogP contribution in [0.2, 0.25) is 0 Å². The second-order valence-electron chi connectivity index (χ2n) is 15.0. The highest BCUT2D eigenvalue weighted by Crippen LogP contribution is 2.36. The number of hydrogen-bond donors (Lipinski definition) is 2. The Hall–Kier alpha value is -1.51. The summed E-state index contributed by atoms with van der Waals surface area (Å²) in [6, 6.07) is 21.4. The zero-order valence-electron chi connectivity index (χ0n) is 28.8. The summed E-state index contributed by atoms with van der Waals surface area (Å²) >= 11 is 0. The highest BCUT2D eigenvalue weighted by molar-refractivity contribution is 5.85. The van der Waals surface area contributed by atoms with E-state index in [1.165, 1.54) is 86.5 Å². The number of aryl methyl sites for hydroxylation is 2. The largest absolute Gasteiger partial charge is 0.393 e. The van der Waals surface area contributed by atoms with Crippen LogP contribution < -0.4 is 5.32 Å². The number of aliphatic hydroxyl groups excluding tert-OH is 1. The van der Waals surface area contributed by atoms with Crippen molar-refractivity contribution >= 4 is 12.4 Å². The van der Waals surface area contributed by atoms with Gasteiger partial charge in [0.1, 0.15) is 0 Å². The fourth-order valence-electron chi connectivity index (χ4n) is 8.98. The lowest BCUT2D eigenvalue weighted by molar-refractivity contribution is -0.0213. The Morgan fingerprint density at radius 3 is 1.43 bits per heavy atom. The number of benzene rings is 2. The molecule has 2 aromatic carbocycles. The number of rotatable bonds is 6. The van der Waals surface area contributed by atoms with Crippen LogP contribution in [-0.4, -0.2) is 83.6 Å². The first-order valence-electron chi connectivity index (χ1n) is 18.0. The van der Waals surface area contributed by atoms with E-state index in [0.29, 0.717) is 24.3 Å². The number of nitrogens with one attached hydrogen (secondary N) is 1. The predicted octanol–water partition coefficient (Wildman–Crippen LogP) is 6.96. The Kier molecular flexibility index (Phi) is 13.0. The van der Waals surface area contributed by atoms with Crippen molar-refractivity contribution in [3.8, 4) is 0 Å². The van der Waals surface area contributed by atoms with E-state index in [1.807, 2.05) is 0 Å². The molecule has 6 fully saturated rings. The molecule has 6 saturated heterocycles. The highest BCUT2D eigenvalue weighted by atomic mass is 35.5. The Balaban J connectivity index is 0.000000140. The third-order valence-electron chi connectivity index (χ3n) is 12.0. The highest BCUT2D eigenvalue weighted by Gasteiger charge is 2.39. The minimum Gasteiger partial charge on any atom is -0.393 e. The van der Waals surface area contributed by atoms with Crippen LogP contribution in [0, 0.1) is 13.8 Å².